The minimum Gasteiger partial charge on any atom is -0.481 e. The van der Waals surface area contributed by atoms with Gasteiger partial charge in [0.15, 0.2) is 0 Å². The molecule has 0 fully saturated rings. The van der Waals surface area contributed by atoms with Crippen molar-refractivity contribution in [3.05, 3.63) is 35.4 Å². The standard InChI is InChI=1S/C12H14O4/c1-16-12(15)7-6-9-2-4-10(5-3-9)8-11(13)14/h2-5H,6-8H2,1H3,(H,13,14). The molecule has 4 heteroatoms. The maximum Gasteiger partial charge on any atom is 0.307 e. The molecule has 4 nitrogen and oxygen atoms in total. The van der Waals surface area contributed by atoms with Gasteiger partial charge >= 0.3 is 11.9 Å². The first-order valence-electron chi connectivity index (χ1n) is 4.98. The molecule has 1 aromatic rings. The number of hydrogen-bond donors (Lipinski definition) is 1. The summed E-state index contributed by atoms with van der Waals surface area (Å²) < 4.78 is 4.53. The molecule has 0 saturated carbocycles. The second-order valence-corrected chi connectivity index (χ2v) is 3.46. The van der Waals surface area contributed by atoms with Crippen LogP contribution in [0.4, 0.5) is 0 Å². The highest BCUT2D eigenvalue weighted by atomic mass is 16.5. The Morgan fingerprint density at radius 1 is 1.19 bits per heavy atom. The molecule has 0 aliphatic heterocycles. The van der Waals surface area contributed by atoms with E-state index in [1.165, 1.54) is 7.11 Å². The molecule has 0 atom stereocenters. The average Bonchev–Trinajstić information content (AvgIpc) is 2.27. The first kappa shape index (κ1) is 12.2. The topological polar surface area (TPSA) is 63.6 Å². The minimum absolute atomic E-state index is 0.0251. The maximum atomic E-state index is 10.9. The van der Waals surface area contributed by atoms with Crippen molar-refractivity contribution in [1.29, 1.82) is 0 Å². The summed E-state index contributed by atoms with van der Waals surface area (Å²) in [5.41, 5.74) is 1.76. The average molecular weight is 222 g/mol. The van der Waals surface area contributed by atoms with Crippen LogP contribution in [0.15, 0.2) is 24.3 Å². The number of carbonyl (C=O) groups excluding carboxylic acids is 1. The van der Waals surface area contributed by atoms with E-state index in [2.05, 4.69) is 4.74 Å². The third-order valence-corrected chi connectivity index (χ3v) is 2.22. The van der Waals surface area contributed by atoms with Crippen molar-refractivity contribution in [2.45, 2.75) is 19.3 Å². The van der Waals surface area contributed by atoms with Crippen LogP contribution in [0.5, 0.6) is 0 Å². The van der Waals surface area contributed by atoms with E-state index < -0.39 is 5.97 Å². The molecule has 86 valence electrons. The molecule has 0 spiro atoms. The Morgan fingerprint density at radius 3 is 2.25 bits per heavy atom. The Hall–Kier alpha value is -1.84. The van der Waals surface area contributed by atoms with Crippen LogP contribution in [-0.4, -0.2) is 24.2 Å². The molecular weight excluding hydrogens is 208 g/mol. The Kier molecular flexibility index (Phi) is 4.51. The summed E-state index contributed by atoms with van der Waals surface area (Å²) in [4.78, 5) is 21.3. The maximum absolute atomic E-state index is 10.9. The quantitative estimate of drug-likeness (QED) is 0.765. The summed E-state index contributed by atoms with van der Waals surface area (Å²) in [5.74, 6) is -1.09. The molecule has 0 radical (unpaired) electrons. The van der Waals surface area contributed by atoms with Crippen LogP contribution >= 0.6 is 0 Å². The van der Waals surface area contributed by atoms with Crippen LogP contribution < -0.4 is 0 Å². The van der Waals surface area contributed by atoms with Gasteiger partial charge in [0.05, 0.1) is 13.5 Å². The third-order valence-electron chi connectivity index (χ3n) is 2.22. The van der Waals surface area contributed by atoms with Crippen LogP contribution in [0.3, 0.4) is 0 Å². The zero-order valence-electron chi connectivity index (χ0n) is 9.10. The molecule has 0 saturated heterocycles. The van der Waals surface area contributed by atoms with Gasteiger partial charge in [-0.1, -0.05) is 24.3 Å². The lowest BCUT2D eigenvalue weighted by atomic mass is 10.1. The van der Waals surface area contributed by atoms with E-state index in [1.54, 1.807) is 12.1 Å². The number of benzene rings is 1. The van der Waals surface area contributed by atoms with Gasteiger partial charge in [0, 0.05) is 6.42 Å². The van der Waals surface area contributed by atoms with Gasteiger partial charge in [-0.25, -0.2) is 0 Å². The summed E-state index contributed by atoms with van der Waals surface area (Å²) >= 11 is 0. The molecule has 0 aliphatic carbocycles. The second-order valence-electron chi connectivity index (χ2n) is 3.46. The smallest absolute Gasteiger partial charge is 0.307 e. The molecule has 0 heterocycles. The Morgan fingerprint density at radius 2 is 1.75 bits per heavy atom. The van der Waals surface area contributed by atoms with E-state index in [9.17, 15) is 9.59 Å². The lowest BCUT2D eigenvalue weighted by Gasteiger charge is -2.02. The monoisotopic (exact) mass is 222 g/mol. The van der Waals surface area contributed by atoms with Gasteiger partial charge in [0.25, 0.3) is 0 Å². The van der Waals surface area contributed by atoms with E-state index in [1.807, 2.05) is 12.1 Å². The predicted octanol–water partition coefficient (Wildman–Crippen LogP) is 1.42. The van der Waals surface area contributed by atoms with Gasteiger partial charge in [0.2, 0.25) is 0 Å². The predicted molar refractivity (Wildman–Crippen MR) is 58.1 cm³/mol. The number of hydrogen-bond acceptors (Lipinski definition) is 3. The number of rotatable bonds is 5. The highest BCUT2D eigenvalue weighted by molar-refractivity contribution is 5.70. The Balaban J connectivity index is 2.51. The number of carboxylic acids is 1. The Bertz CT molecular complexity index is 367. The number of aryl methyl sites for hydroxylation is 1. The molecule has 1 rings (SSSR count). The molecule has 1 N–H and O–H groups in total. The number of esters is 1. The van der Waals surface area contributed by atoms with Gasteiger partial charge in [-0.15, -0.1) is 0 Å². The van der Waals surface area contributed by atoms with Crippen LogP contribution in [-0.2, 0) is 27.2 Å². The van der Waals surface area contributed by atoms with Crippen LogP contribution in [0.1, 0.15) is 17.5 Å². The van der Waals surface area contributed by atoms with Crippen molar-refractivity contribution in [3.63, 3.8) is 0 Å². The van der Waals surface area contributed by atoms with E-state index in [0.717, 1.165) is 11.1 Å². The number of methoxy groups -OCH3 is 1. The molecule has 0 aliphatic rings. The molecule has 0 amide bonds. The first-order chi connectivity index (χ1) is 7.61. The van der Waals surface area contributed by atoms with Crippen molar-refractivity contribution in [2.75, 3.05) is 7.11 Å². The van der Waals surface area contributed by atoms with Crippen molar-refractivity contribution >= 4 is 11.9 Å². The second kappa shape index (κ2) is 5.90. The molecule has 0 unspecified atom stereocenters. The van der Waals surface area contributed by atoms with Crippen molar-refractivity contribution in [3.8, 4) is 0 Å². The van der Waals surface area contributed by atoms with Gasteiger partial charge in [0.1, 0.15) is 0 Å². The molecule has 1 aromatic carbocycles. The summed E-state index contributed by atoms with van der Waals surface area (Å²) in [5, 5.41) is 8.58. The fourth-order valence-electron chi connectivity index (χ4n) is 1.35. The van der Waals surface area contributed by atoms with Crippen LogP contribution in [0.25, 0.3) is 0 Å². The number of carboxylic acid groups (broad SMARTS) is 1. The molecular formula is C12H14O4. The zero-order valence-corrected chi connectivity index (χ0v) is 9.10. The van der Waals surface area contributed by atoms with E-state index >= 15 is 0 Å². The summed E-state index contributed by atoms with van der Waals surface area (Å²) in [6.45, 7) is 0. The van der Waals surface area contributed by atoms with Crippen molar-refractivity contribution < 1.29 is 19.4 Å². The normalized spacial score (nSPS) is 9.81. The van der Waals surface area contributed by atoms with Crippen molar-refractivity contribution in [1.82, 2.24) is 0 Å². The molecule has 0 bridgehead atoms. The first-order valence-corrected chi connectivity index (χ1v) is 4.98. The number of ether oxygens (including phenoxy) is 1. The zero-order chi connectivity index (χ0) is 12.0. The lowest BCUT2D eigenvalue weighted by molar-refractivity contribution is -0.140. The van der Waals surface area contributed by atoms with E-state index in [0.29, 0.717) is 12.8 Å². The lowest BCUT2D eigenvalue weighted by Crippen LogP contribution is -2.02. The van der Waals surface area contributed by atoms with Crippen LogP contribution in [0, 0.1) is 0 Å². The van der Waals surface area contributed by atoms with Gasteiger partial charge in [-0.2, -0.15) is 0 Å². The van der Waals surface area contributed by atoms with E-state index in [-0.39, 0.29) is 12.4 Å². The summed E-state index contributed by atoms with van der Waals surface area (Å²) in [6, 6.07) is 7.20. The summed E-state index contributed by atoms with van der Waals surface area (Å²) in [7, 11) is 1.36. The van der Waals surface area contributed by atoms with Gasteiger partial charge in [-0.3, -0.25) is 9.59 Å². The molecule has 0 aromatic heterocycles. The van der Waals surface area contributed by atoms with E-state index in [4.69, 9.17) is 5.11 Å². The van der Waals surface area contributed by atoms with Crippen molar-refractivity contribution in [2.24, 2.45) is 0 Å². The SMILES string of the molecule is COC(=O)CCc1ccc(CC(=O)O)cc1. The van der Waals surface area contributed by atoms with Crippen LogP contribution in [0.2, 0.25) is 0 Å². The largest absolute Gasteiger partial charge is 0.481 e. The summed E-state index contributed by atoms with van der Waals surface area (Å²) in [6.07, 6.45) is 0.978. The number of carbonyl (C=O) groups is 2. The Labute approximate surface area is 93.9 Å². The fourth-order valence-corrected chi connectivity index (χ4v) is 1.35. The van der Waals surface area contributed by atoms with Gasteiger partial charge < -0.3 is 9.84 Å². The number of aliphatic carboxylic acids is 1. The minimum atomic E-state index is -0.845. The van der Waals surface area contributed by atoms with Gasteiger partial charge in [-0.05, 0) is 17.5 Å². The fraction of sp³-hybridized carbons (Fsp3) is 0.333. The highest BCUT2D eigenvalue weighted by Crippen LogP contribution is 2.07. The third kappa shape index (κ3) is 4.13. The molecule has 16 heavy (non-hydrogen) atoms. The highest BCUT2D eigenvalue weighted by Gasteiger charge is 2.03.